The van der Waals surface area contributed by atoms with E-state index in [1.165, 1.54) is 12.8 Å². The molecule has 1 fully saturated rings. The quantitative estimate of drug-likeness (QED) is 0.889. The summed E-state index contributed by atoms with van der Waals surface area (Å²) >= 11 is 3.34. The maximum atomic E-state index is 12.2. The van der Waals surface area contributed by atoms with Gasteiger partial charge in [-0.3, -0.25) is 9.59 Å². The highest BCUT2D eigenvalue weighted by Gasteiger charge is 2.24. The molecule has 0 atom stereocenters. The number of carbonyl (C=O) groups is 2. The normalized spacial score (nSPS) is 21.2. The van der Waals surface area contributed by atoms with E-state index in [2.05, 4.69) is 28.2 Å². The van der Waals surface area contributed by atoms with E-state index >= 15 is 0 Å². The van der Waals surface area contributed by atoms with Crippen LogP contribution < -0.4 is 5.32 Å². The lowest BCUT2D eigenvalue weighted by atomic mass is 9.87. The molecule has 0 aliphatic heterocycles. The summed E-state index contributed by atoms with van der Waals surface area (Å²) in [6.45, 7) is 2.31. The van der Waals surface area contributed by atoms with Crippen molar-refractivity contribution in [2.24, 2.45) is 5.92 Å². The van der Waals surface area contributed by atoms with E-state index in [1.807, 2.05) is 13.1 Å². The number of nitrogens with one attached hydrogen (secondary N) is 1. The number of nitrogens with zero attached hydrogens (tertiary/aromatic N) is 1. The van der Waals surface area contributed by atoms with E-state index in [4.69, 9.17) is 0 Å². The second-order valence-electron chi connectivity index (χ2n) is 6.11. The van der Waals surface area contributed by atoms with Gasteiger partial charge in [0.15, 0.2) is 0 Å². The first-order valence-corrected chi connectivity index (χ1v) is 8.56. The summed E-state index contributed by atoms with van der Waals surface area (Å²) in [5.74, 6) is 0.513. The summed E-state index contributed by atoms with van der Waals surface area (Å²) in [5.41, 5.74) is 0.552. The van der Waals surface area contributed by atoms with Gasteiger partial charge in [-0.25, -0.2) is 0 Å². The molecule has 0 aromatic heterocycles. The van der Waals surface area contributed by atoms with Crippen LogP contribution in [0.3, 0.4) is 0 Å². The van der Waals surface area contributed by atoms with Crippen molar-refractivity contribution in [3.05, 3.63) is 34.3 Å². The van der Waals surface area contributed by atoms with Crippen LogP contribution in [0.4, 0.5) is 0 Å². The molecule has 4 nitrogen and oxygen atoms in total. The van der Waals surface area contributed by atoms with Crippen molar-refractivity contribution in [3.63, 3.8) is 0 Å². The van der Waals surface area contributed by atoms with Crippen LogP contribution in [0.5, 0.6) is 0 Å². The fourth-order valence-electron chi connectivity index (χ4n) is 2.85. The molecule has 2 rings (SSSR count). The Morgan fingerprint density at radius 1 is 1.27 bits per heavy atom. The smallest absolute Gasteiger partial charge is 0.251 e. The number of amides is 2. The molecule has 5 heteroatoms. The van der Waals surface area contributed by atoms with E-state index in [-0.39, 0.29) is 18.4 Å². The Morgan fingerprint density at radius 2 is 1.95 bits per heavy atom. The summed E-state index contributed by atoms with van der Waals surface area (Å²) in [7, 11) is 1.84. The molecule has 1 aliphatic carbocycles. The van der Waals surface area contributed by atoms with Crippen molar-refractivity contribution in [3.8, 4) is 0 Å². The number of carbonyl (C=O) groups excluding carboxylic acids is 2. The average molecular weight is 367 g/mol. The van der Waals surface area contributed by atoms with Gasteiger partial charge in [-0.2, -0.15) is 0 Å². The van der Waals surface area contributed by atoms with E-state index in [0.717, 1.165) is 23.2 Å². The highest BCUT2D eigenvalue weighted by Crippen LogP contribution is 2.26. The molecular formula is C17H23BrN2O2. The number of hydrogen-bond donors (Lipinski definition) is 1. The lowest BCUT2D eigenvalue weighted by Gasteiger charge is -2.33. The predicted molar refractivity (Wildman–Crippen MR) is 90.7 cm³/mol. The number of benzene rings is 1. The number of rotatable bonds is 4. The zero-order valence-electron chi connectivity index (χ0n) is 13.1. The Labute approximate surface area is 140 Å². The second kappa shape index (κ2) is 7.77. The standard InChI is InChI=1S/C17H23BrN2O2/c1-12-6-8-15(9-7-12)20(2)16(21)11-19-17(22)13-4-3-5-14(18)10-13/h3-5,10,12,15H,6-9,11H2,1-2H3,(H,19,22). The monoisotopic (exact) mass is 366 g/mol. The maximum Gasteiger partial charge on any atom is 0.251 e. The lowest BCUT2D eigenvalue weighted by Crippen LogP contribution is -2.44. The Balaban J connectivity index is 1.83. The SMILES string of the molecule is CC1CCC(N(C)C(=O)CNC(=O)c2cccc(Br)c2)CC1. The summed E-state index contributed by atoms with van der Waals surface area (Å²) < 4.78 is 0.847. The van der Waals surface area contributed by atoms with Gasteiger partial charge in [0.2, 0.25) is 5.91 Å². The molecule has 0 unspecified atom stereocenters. The van der Waals surface area contributed by atoms with E-state index in [0.29, 0.717) is 11.6 Å². The molecule has 0 saturated heterocycles. The van der Waals surface area contributed by atoms with Crippen LogP contribution in [0.2, 0.25) is 0 Å². The van der Waals surface area contributed by atoms with Crippen molar-refractivity contribution < 1.29 is 9.59 Å². The fraction of sp³-hybridized carbons (Fsp3) is 0.529. The van der Waals surface area contributed by atoms with Gasteiger partial charge >= 0.3 is 0 Å². The minimum atomic E-state index is -0.222. The summed E-state index contributed by atoms with van der Waals surface area (Å²) in [5, 5.41) is 2.70. The maximum absolute atomic E-state index is 12.2. The lowest BCUT2D eigenvalue weighted by molar-refractivity contribution is -0.131. The minimum Gasteiger partial charge on any atom is -0.343 e. The number of hydrogen-bond acceptors (Lipinski definition) is 2. The van der Waals surface area contributed by atoms with Crippen LogP contribution in [0.15, 0.2) is 28.7 Å². The van der Waals surface area contributed by atoms with Crippen molar-refractivity contribution in [2.45, 2.75) is 38.6 Å². The molecule has 0 radical (unpaired) electrons. The van der Waals surface area contributed by atoms with Gasteiger partial charge in [-0.1, -0.05) is 28.9 Å². The summed E-state index contributed by atoms with van der Waals surface area (Å²) in [6, 6.07) is 7.45. The van der Waals surface area contributed by atoms with E-state index in [1.54, 1.807) is 23.1 Å². The van der Waals surface area contributed by atoms with Crippen LogP contribution >= 0.6 is 15.9 Å². The molecule has 1 aromatic carbocycles. The molecule has 120 valence electrons. The van der Waals surface area contributed by atoms with Crippen LogP contribution in [0.25, 0.3) is 0 Å². The fourth-order valence-corrected chi connectivity index (χ4v) is 3.25. The van der Waals surface area contributed by atoms with Gasteiger partial charge in [0.1, 0.15) is 0 Å². The molecule has 2 amide bonds. The Morgan fingerprint density at radius 3 is 2.59 bits per heavy atom. The second-order valence-corrected chi connectivity index (χ2v) is 7.03. The van der Waals surface area contributed by atoms with Crippen molar-refractivity contribution >= 4 is 27.7 Å². The first kappa shape index (κ1) is 17.0. The van der Waals surface area contributed by atoms with Gasteiger partial charge in [-0.15, -0.1) is 0 Å². The minimum absolute atomic E-state index is 0.0251. The Bertz CT molecular complexity index is 539. The van der Waals surface area contributed by atoms with Crippen LogP contribution in [-0.4, -0.2) is 36.3 Å². The molecule has 0 spiro atoms. The Hall–Kier alpha value is -1.36. The molecule has 1 saturated carbocycles. The third-order valence-electron chi connectivity index (χ3n) is 4.41. The van der Waals surface area contributed by atoms with Gasteiger partial charge in [-0.05, 0) is 49.8 Å². The van der Waals surface area contributed by atoms with Crippen molar-refractivity contribution in [1.82, 2.24) is 10.2 Å². The van der Waals surface area contributed by atoms with E-state index < -0.39 is 0 Å². The number of halogens is 1. The van der Waals surface area contributed by atoms with Gasteiger partial charge in [0.25, 0.3) is 5.91 Å². The molecule has 1 aromatic rings. The highest BCUT2D eigenvalue weighted by atomic mass is 79.9. The van der Waals surface area contributed by atoms with Crippen LogP contribution in [0, 0.1) is 5.92 Å². The summed E-state index contributed by atoms with van der Waals surface area (Å²) in [6.07, 6.45) is 4.46. The van der Waals surface area contributed by atoms with Gasteiger partial charge < -0.3 is 10.2 Å². The predicted octanol–water partition coefficient (Wildman–Crippen LogP) is 3.22. The van der Waals surface area contributed by atoms with Crippen molar-refractivity contribution in [2.75, 3.05) is 13.6 Å². The van der Waals surface area contributed by atoms with Crippen molar-refractivity contribution in [1.29, 1.82) is 0 Å². The van der Waals surface area contributed by atoms with Gasteiger partial charge in [0.05, 0.1) is 6.54 Å². The molecular weight excluding hydrogens is 344 g/mol. The largest absolute Gasteiger partial charge is 0.343 e. The third-order valence-corrected chi connectivity index (χ3v) is 4.91. The van der Waals surface area contributed by atoms with Gasteiger partial charge in [0, 0.05) is 23.1 Å². The summed E-state index contributed by atoms with van der Waals surface area (Å²) in [4.78, 5) is 26.1. The molecule has 0 heterocycles. The zero-order chi connectivity index (χ0) is 16.1. The average Bonchev–Trinajstić information content (AvgIpc) is 2.52. The van der Waals surface area contributed by atoms with Crippen LogP contribution in [0.1, 0.15) is 43.0 Å². The molecule has 1 aliphatic rings. The third kappa shape index (κ3) is 4.57. The Kier molecular flexibility index (Phi) is 6.00. The molecule has 0 bridgehead atoms. The highest BCUT2D eigenvalue weighted by molar-refractivity contribution is 9.10. The van der Waals surface area contributed by atoms with E-state index in [9.17, 15) is 9.59 Å². The molecule has 1 N–H and O–H groups in total. The zero-order valence-corrected chi connectivity index (χ0v) is 14.7. The number of likely N-dealkylation sites (N-methyl/N-ethyl adjacent to an activating group) is 1. The molecule has 22 heavy (non-hydrogen) atoms. The first-order chi connectivity index (χ1) is 10.5. The van der Waals surface area contributed by atoms with Crippen LogP contribution in [-0.2, 0) is 4.79 Å². The first-order valence-electron chi connectivity index (χ1n) is 7.77. The topological polar surface area (TPSA) is 49.4 Å².